The van der Waals surface area contributed by atoms with Gasteiger partial charge in [0.05, 0.1) is 0 Å². The number of nitrogens with zero attached hydrogens (tertiary/aromatic N) is 1. The third kappa shape index (κ3) is 6.54. The van der Waals surface area contributed by atoms with Crippen LogP contribution in [0.15, 0.2) is 0 Å². The molecule has 4 nitrogen and oxygen atoms in total. The van der Waals surface area contributed by atoms with E-state index in [1.165, 1.54) is 0 Å². The monoisotopic (exact) mass is 174 g/mol. The van der Waals surface area contributed by atoms with Gasteiger partial charge in [0.1, 0.15) is 0 Å². The van der Waals surface area contributed by atoms with Gasteiger partial charge in [-0.05, 0) is 27.7 Å². The van der Waals surface area contributed by atoms with E-state index in [9.17, 15) is 0 Å². The quantitative estimate of drug-likeness (QED) is 0.499. The van der Waals surface area contributed by atoms with Crippen LogP contribution in [0.1, 0.15) is 27.7 Å². The molecule has 0 aromatic carbocycles. The molecule has 0 saturated heterocycles. The second kappa shape index (κ2) is 6.37. The summed E-state index contributed by atoms with van der Waals surface area (Å²) >= 11 is 0. The molecule has 0 aromatic rings. The zero-order valence-corrected chi connectivity index (χ0v) is 8.59. The third-order valence-electron chi connectivity index (χ3n) is 1.18. The van der Waals surface area contributed by atoms with Gasteiger partial charge in [-0.2, -0.15) is 5.12 Å². The maximum absolute atomic E-state index is 5.46. The fourth-order valence-electron chi connectivity index (χ4n) is 0.919. The summed E-state index contributed by atoms with van der Waals surface area (Å²) < 4.78 is 0. The van der Waals surface area contributed by atoms with Gasteiger partial charge >= 0.3 is 0 Å². The van der Waals surface area contributed by atoms with E-state index >= 15 is 0 Å². The van der Waals surface area contributed by atoms with Crippen LogP contribution in [0.2, 0.25) is 0 Å². The molecule has 0 fully saturated rings. The van der Waals surface area contributed by atoms with Crippen molar-refractivity contribution in [2.45, 2.75) is 39.8 Å². The van der Waals surface area contributed by atoms with Crippen molar-refractivity contribution in [3.63, 3.8) is 0 Å². The zero-order valence-electron chi connectivity index (χ0n) is 8.59. The lowest BCUT2D eigenvalue weighted by atomic mass is 10.4. The van der Waals surface area contributed by atoms with Gasteiger partial charge in [0.15, 0.2) is 0 Å². The van der Waals surface area contributed by atoms with E-state index in [2.05, 4.69) is 38.5 Å². The predicted molar refractivity (Wildman–Crippen MR) is 52.3 cm³/mol. The molecule has 0 amide bonds. The molecule has 0 bridgehead atoms. The summed E-state index contributed by atoms with van der Waals surface area (Å²) in [5.41, 5.74) is 12.0. The number of rotatable bonds is 6. The SMILES string of the molecule is CC(C)NN(CCN)NC(C)C. The lowest BCUT2D eigenvalue weighted by molar-refractivity contribution is 0.0872. The molecule has 0 unspecified atom stereocenters. The average molecular weight is 174 g/mol. The molecule has 74 valence electrons. The topological polar surface area (TPSA) is 53.3 Å². The summed E-state index contributed by atoms with van der Waals surface area (Å²) in [7, 11) is 0. The van der Waals surface area contributed by atoms with E-state index in [1.54, 1.807) is 0 Å². The van der Waals surface area contributed by atoms with Crippen LogP contribution in [0, 0.1) is 0 Å². The minimum Gasteiger partial charge on any atom is -0.329 e. The summed E-state index contributed by atoms with van der Waals surface area (Å²) in [6.07, 6.45) is 0. The van der Waals surface area contributed by atoms with Crippen molar-refractivity contribution in [3.05, 3.63) is 0 Å². The molecular weight excluding hydrogens is 152 g/mol. The van der Waals surface area contributed by atoms with Crippen LogP contribution >= 0.6 is 0 Å². The summed E-state index contributed by atoms with van der Waals surface area (Å²) in [6, 6.07) is 0.866. The first kappa shape index (κ1) is 11.8. The Labute approximate surface area is 75.4 Å². The average Bonchev–Trinajstić information content (AvgIpc) is 1.84. The maximum Gasteiger partial charge on any atom is 0.0411 e. The number of nitrogens with one attached hydrogen (secondary N) is 2. The van der Waals surface area contributed by atoms with E-state index in [4.69, 9.17) is 5.73 Å². The molecule has 0 atom stereocenters. The Balaban J connectivity index is 3.69. The van der Waals surface area contributed by atoms with Gasteiger partial charge in [0.2, 0.25) is 0 Å². The molecule has 0 aliphatic rings. The molecule has 0 aromatic heterocycles. The predicted octanol–water partition coefficient (Wildman–Crippen LogP) is 0.0731. The molecule has 4 N–H and O–H groups in total. The molecule has 0 aliphatic heterocycles. The van der Waals surface area contributed by atoms with Crippen LogP contribution in [0.5, 0.6) is 0 Å². The first-order valence-electron chi connectivity index (χ1n) is 4.56. The van der Waals surface area contributed by atoms with Gasteiger partial charge < -0.3 is 5.73 Å². The Morgan fingerprint density at radius 1 is 1.08 bits per heavy atom. The van der Waals surface area contributed by atoms with Crippen molar-refractivity contribution in [1.29, 1.82) is 0 Å². The van der Waals surface area contributed by atoms with Crippen molar-refractivity contribution in [2.75, 3.05) is 13.1 Å². The van der Waals surface area contributed by atoms with Crippen LogP contribution in [0.25, 0.3) is 0 Å². The maximum atomic E-state index is 5.46. The summed E-state index contributed by atoms with van der Waals surface area (Å²) in [4.78, 5) is 0. The molecule has 0 aliphatic carbocycles. The van der Waals surface area contributed by atoms with Crippen molar-refractivity contribution in [3.8, 4) is 0 Å². The second-order valence-corrected chi connectivity index (χ2v) is 3.51. The molecule has 0 heterocycles. The van der Waals surface area contributed by atoms with Crippen molar-refractivity contribution in [1.82, 2.24) is 16.0 Å². The largest absolute Gasteiger partial charge is 0.329 e. The molecule has 0 rings (SSSR count). The highest BCUT2D eigenvalue weighted by atomic mass is 15.7. The minimum absolute atomic E-state index is 0.433. The lowest BCUT2D eigenvalue weighted by Crippen LogP contribution is -2.54. The van der Waals surface area contributed by atoms with E-state index in [-0.39, 0.29) is 0 Å². The van der Waals surface area contributed by atoms with E-state index < -0.39 is 0 Å². The van der Waals surface area contributed by atoms with Gasteiger partial charge in [0.25, 0.3) is 0 Å². The van der Waals surface area contributed by atoms with Crippen molar-refractivity contribution >= 4 is 0 Å². The van der Waals surface area contributed by atoms with Gasteiger partial charge in [-0.25, -0.2) is 10.9 Å². The molecule has 0 radical (unpaired) electrons. The number of hydrogen-bond donors (Lipinski definition) is 3. The molecule has 0 spiro atoms. The van der Waals surface area contributed by atoms with Gasteiger partial charge in [0, 0.05) is 25.2 Å². The Kier molecular flexibility index (Phi) is 6.28. The van der Waals surface area contributed by atoms with Crippen LogP contribution < -0.4 is 16.6 Å². The number of nitrogens with two attached hydrogens (primary N) is 1. The van der Waals surface area contributed by atoms with Gasteiger partial charge in [-0.15, -0.1) is 0 Å². The normalized spacial score (nSPS) is 12.0. The zero-order chi connectivity index (χ0) is 9.56. The highest BCUT2D eigenvalue weighted by molar-refractivity contribution is 4.55. The summed E-state index contributed by atoms with van der Waals surface area (Å²) in [5, 5.41) is 1.95. The smallest absolute Gasteiger partial charge is 0.0411 e. The standard InChI is InChI=1S/C8H22N4/c1-7(2)10-12(6-5-9)11-8(3)4/h7-8,10-11H,5-6,9H2,1-4H3. The van der Waals surface area contributed by atoms with Crippen LogP contribution in [-0.2, 0) is 0 Å². The summed E-state index contributed by atoms with van der Waals surface area (Å²) in [5.74, 6) is 0. The van der Waals surface area contributed by atoms with Crippen molar-refractivity contribution < 1.29 is 0 Å². The highest BCUT2D eigenvalue weighted by Crippen LogP contribution is 1.84. The number of hydrogen-bond acceptors (Lipinski definition) is 4. The molecule has 0 saturated carbocycles. The van der Waals surface area contributed by atoms with E-state index in [0.29, 0.717) is 18.6 Å². The Morgan fingerprint density at radius 3 is 1.75 bits per heavy atom. The van der Waals surface area contributed by atoms with Crippen LogP contribution in [0.4, 0.5) is 0 Å². The van der Waals surface area contributed by atoms with E-state index in [0.717, 1.165) is 6.54 Å². The van der Waals surface area contributed by atoms with E-state index in [1.807, 2.05) is 5.12 Å². The Bertz CT molecular complexity index is 93.2. The first-order chi connectivity index (χ1) is 5.56. The van der Waals surface area contributed by atoms with Crippen LogP contribution in [0.3, 0.4) is 0 Å². The third-order valence-corrected chi connectivity index (χ3v) is 1.18. The molecular formula is C8H22N4. The van der Waals surface area contributed by atoms with Gasteiger partial charge in [-0.3, -0.25) is 0 Å². The fraction of sp³-hybridized carbons (Fsp3) is 1.00. The summed E-state index contributed by atoms with van der Waals surface area (Å²) in [6.45, 7) is 9.88. The minimum atomic E-state index is 0.433. The molecule has 12 heavy (non-hydrogen) atoms. The Morgan fingerprint density at radius 2 is 1.50 bits per heavy atom. The van der Waals surface area contributed by atoms with Crippen molar-refractivity contribution in [2.24, 2.45) is 5.73 Å². The van der Waals surface area contributed by atoms with Crippen LogP contribution in [-0.4, -0.2) is 30.3 Å². The second-order valence-electron chi connectivity index (χ2n) is 3.51. The number of hydrazine groups is 2. The molecule has 4 heteroatoms. The first-order valence-corrected chi connectivity index (χ1v) is 4.56. The fourth-order valence-corrected chi connectivity index (χ4v) is 0.919. The Hall–Kier alpha value is -0.160. The van der Waals surface area contributed by atoms with Gasteiger partial charge in [-0.1, -0.05) is 0 Å². The highest BCUT2D eigenvalue weighted by Gasteiger charge is 2.05. The lowest BCUT2D eigenvalue weighted by Gasteiger charge is -2.27.